The van der Waals surface area contributed by atoms with Crippen LogP contribution < -0.4 is 25.4 Å². The predicted octanol–water partition coefficient (Wildman–Crippen LogP) is 4.80. The number of aromatic nitrogens is 1. The van der Waals surface area contributed by atoms with E-state index in [4.69, 9.17) is 21.1 Å². The van der Waals surface area contributed by atoms with Crippen molar-refractivity contribution in [3.63, 3.8) is 0 Å². The average molecular weight is 507 g/mol. The van der Waals surface area contributed by atoms with Crippen LogP contribution in [0.3, 0.4) is 0 Å². The Kier molecular flexibility index (Phi) is 5.19. The number of benzene rings is 2. The van der Waals surface area contributed by atoms with Gasteiger partial charge in [-0.05, 0) is 55.2 Å². The third-order valence-corrected chi connectivity index (χ3v) is 7.44. The fourth-order valence-electron chi connectivity index (χ4n) is 5.04. The quantitative estimate of drug-likeness (QED) is 0.381. The van der Waals surface area contributed by atoms with Gasteiger partial charge in [0.1, 0.15) is 28.8 Å². The number of hydrogen-bond acceptors (Lipinski definition) is 6. The average Bonchev–Trinajstić information content (AvgIpc) is 3.72. The van der Waals surface area contributed by atoms with Gasteiger partial charge < -0.3 is 30.5 Å². The summed E-state index contributed by atoms with van der Waals surface area (Å²) in [7, 11) is 1.54. The third kappa shape index (κ3) is 3.85. The molecule has 6 rings (SSSR count). The van der Waals surface area contributed by atoms with Crippen molar-refractivity contribution in [3.05, 3.63) is 64.8 Å². The maximum Gasteiger partial charge on any atom is 0.319 e. The van der Waals surface area contributed by atoms with E-state index in [-0.39, 0.29) is 29.5 Å². The standard InChI is InChI=1S/C26H23ClN4O5/c1-35-13-2-5-18(27)19(11-13)29-25(34)31-26-12-17(26)23(26)16-10-14(3-6-20(16)32)36-21-8-9-28-24-15(21)4-7-22(33)30-24/h2-3,5-6,8-11,17,23,32H,4,7,12H2,1H3,(H,28,30,33)(H2,29,31,34). The lowest BCUT2D eigenvalue weighted by atomic mass is 9.99. The van der Waals surface area contributed by atoms with Gasteiger partial charge in [0.05, 0.1) is 23.4 Å². The van der Waals surface area contributed by atoms with Gasteiger partial charge in [-0.25, -0.2) is 9.78 Å². The first-order valence-corrected chi connectivity index (χ1v) is 12.0. The number of halogens is 1. The molecule has 0 bridgehead atoms. The van der Waals surface area contributed by atoms with Crippen molar-refractivity contribution in [2.45, 2.75) is 30.7 Å². The van der Waals surface area contributed by atoms with E-state index in [1.165, 1.54) is 0 Å². The number of aromatic hydroxyl groups is 1. The summed E-state index contributed by atoms with van der Waals surface area (Å²) in [5, 5.41) is 19.6. The second-order valence-corrected chi connectivity index (χ2v) is 9.67. The third-order valence-electron chi connectivity index (χ3n) is 7.11. The molecule has 1 aliphatic heterocycles. The molecule has 2 fully saturated rings. The summed E-state index contributed by atoms with van der Waals surface area (Å²) in [6, 6.07) is 11.5. The molecule has 0 spiro atoms. The Morgan fingerprint density at radius 1 is 1.19 bits per heavy atom. The molecule has 1 aromatic heterocycles. The van der Waals surface area contributed by atoms with Crippen LogP contribution in [0.5, 0.6) is 23.0 Å². The highest BCUT2D eigenvalue weighted by molar-refractivity contribution is 6.33. The molecule has 184 valence electrons. The number of rotatable bonds is 6. The van der Waals surface area contributed by atoms with Crippen molar-refractivity contribution >= 4 is 35.0 Å². The van der Waals surface area contributed by atoms with Crippen molar-refractivity contribution < 1.29 is 24.2 Å². The molecule has 0 radical (unpaired) electrons. The van der Waals surface area contributed by atoms with E-state index in [0.29, 0.717) is 46.6 Å². The minimum Gasteiger partial charge on any atom is -0.508 e. The number of ether oxygens (including phenoxy) is 2. The van der Waals surface area contributed by atoms with Gasteiger partial charge in [-0.15, -0.1) is 0 Å². The number of phenolic OH excluding ortho intramolecular Hbond substituents is 1. The number of urea groups is 1. The predicted molar refractivity (Wildman–Crippen MR) is 133 cm³/mol. The van der Waals surface area contributed by atoms with Gasteiger partial charge in [0.25, 0.3) is 0 Å². The molecule has 4 N–H and O–H groups in total. The number of amides is 3. The lowest BCUT2D eigenvalue weighted by Crippen LogP contribution is -2.36. The zero-order valence-electron chi connectivity index (χ0n) is 19.3. The SMILES string of the molecule is COc1ccc(Cl)c(NC(=O)NC23CC2C3c2cc(Oc3ccnc4c3CCC(=O)N4)ccc2O)c1. The summed E-state index contributed by atoms with van der Waals surface area (Å²) in [5.74, 6) is 2.58. The molecule has 3 unspecified atom stereocenters. The first kappa shape index (κ1) is 22.5. The first-order chi connectivity index (χ1) is 17.4. The van der Waals surface area contributed by atoms with Gasteiger partial charge >= 0.3 is 6.03 Å². The molecule has 2 saturated carbocycles. The highest BCUT2D eigenvalue weighted by Gasteiger charge is 2.80. The molecular formula is C26H23ClN4O5. The highest BCUT2D eigenvalue weighted by atomic mass is 35.5. The minimum absolute atomic E-state index is 0.0155. The van der Waals surface area contributed by atoms with E-state index in [1.54, 1.807) is 55.8 Å². The largest absolute Gasteiger partial charge is 0.508 e. The zero-order chi connectivity index (χ0) is 25.0. The van der Waals surface area contributed by atoms with Crippen LogP contribution in [-0.2, 0) is 11.2 Å². The Balaban J connectivity index is 1.17. The number of nitrogens with one attached hydrogen (secondary N) is 3. The first-order valence-electron chi connectivity index (χ1n) is 11.6. The van der Waals surface area contributed by atoms with Crippen LogP contribution in [0.1, 0.15) is 29.9 Å². The number of anilines is 2. The van der Waals surface area contributed by atoms with Gasteiger partial charge in [0.2, 0.25) is 5.91 Å². The maximum atomic E-state index is 12.7. The summed E-state index contributed by atoms with van der Waals surface area (Å²) < 4.78 is 11.3. The van der Waals surface area contributed by atoms with Crippen LogP contribution in [0, 0.1) is 5.92 Å². The number of methoxy groups -OCH3 is 1. The highest BCUT2D eigenvalue weighted by Crippen LogP contribution is 2.77. The smallest absolute Gasteiger partial charge is 0.319 e. The fourth-order valence-corrected chi connectivity index (χ4v) is 5.21. The number of carbonyl (C=O) groups is 2. The van der Waals surface area contributed by atoms with Gasteiger partial charge in [-0.3, -0.25) is 4.79 Å². The Hall–Kier alpha value is -3.98. The number of nitrogens with zero attached hydrogens (tertiary/aromatic N) is 1. The fraction of sp³-hybridized carbons (Fsp3) is 0.269. The van der Waals surface area contributed by atoms with E-state index in [2.05, 4.69) is 20.9 Å². The lowest BCUT2D eigenvalue weighted by molar-refractivity contribution is -0.116. The Bertz CT molecular complexity index is 1410. The van der Waals surface area contributed by atoms with Crippen molar-refractivity contribution in [2.24, 2.45) is 5.92 Å². The summed E-state index contributed by atoms with van der Waals surface area (Å²) in [5.41, 5.74) is 1.62. The molecule has 3 aromatic rings. The summed E-state index contributed by atoms with van der Waals surface area (Å²) >= 11 is 6.21. The molecule has 2 aliphatic carbocycles. The molecule has 9 nitrogen and oxygen atoms in total. The zero-order valence-corrected chi connectivity index (χ0v) is 20.1. The molecule has 10 heteroatoms. The Morgan fingerprint density at radius 3 is 2.83 bits per heavy atom. The van der Waals surface area contributed by atoms with Gasteiger partial charge in [0, 0.05) is 35.7 Å². The molecular weight excluding hydrogens is 484 g/mol. The van der Waals surface area contributed by atoms with Crippen LogP contribution >= 0.6 is 11.6 Å². The number of carbonyl (C=O) groups excluding carboxylic acids is 2. The van der Waals surface area contributed by atoms with E-state index in [1.807, 2.05) is 0 Å². The van der Waals surface area contributed by atoms with Crippen LogP contribution in [0.2, 0.25) is 5.02 Å². The Labute approximate surface area is 211 Å². The van der Waals surface area contributed by atoms with Crippen molar-refractivity contribution in [3.8, 4) is 23.0 Å². The Morgan fingerprint density at radius 2 is 2.03 bits per heavy atom. The topological polar surface area (TPSA) is 122 Å². The summed E-state index contributed by atoms with van der Waals surface area (Å²) in [6.07, 6.45) is 3.33. The van der Waals surface area contributed by atoms with Crippen molar-refractivity contribution in [1.29, 1.82) is 0 Å². The van der Waals surface area contributed by atoms with E-state index in [0.717, 1.165) is 17.5 Å². The van der Waals surface area contributed by atoms with E-state index >= 15 is 0 Å². The number of phenols is 1. The molecule has 0 saturated heterocycles. The number of pyridine rings is 1. The van der Waals surface area contributed by atoms with Crippen molar-refractivity contribution in [2.75, 3.05) is 17.7 Å². The molecule has 36 heavy (non-hydrogen) atoms. The van der Waals surface area contributed by atoms with Crippen LogP contribution in [0.15, 0.2) is 48.7 Å². The molecule has 2 aromatic carbocycles. The van der Waals surface area contributed by atoms with Gasteiger partial charge in [-0.2, -0.15) is 0 Å². The monoisotopic (exact) mass is 506 g/mol. The van der Waals surface area contributed by atoms with Crippen LogP contribution in [-0.4, -0.2) is 34.7 Å². The van der Waals surface area contributed by atoms with E-state index < -0.39 is 5.54 Å². The second kappa shape index (κ2) is 8.30. The van der Waals surface area contributed by atoms with Crippen LogP contribution in [0.4, 0.5) is 16.3 Å². The van der Waals surface area contributed by atoms with E-state index in [9.17, 15) is 14.7 Å². The molecule has 3 atom stereocenters. The van der Waals surface area contributed by atoms with Gasteiger partial charge in [-0.1, -0.05) is 11.6 Å². The van der Waals surface area contributed by atoms with Gasteiger partial charge in [0.15, 0.2) is 0 Å². The van der Waals surface area contributed by atoms with Crippen molar-refractivity contribution in [1.82, 2.24) is 10.3 Å². The second-order valence-electron chi connectivity index (χ2n) is 9.26. The number of hydrogen-bond donors (Lipinski definition) is 4. The maximum absolute atomic E-state index is 12.7. The minimum atomic E-state index is -0.397. The number of fused-ring (bicyclic) bond motifs is 2. The molecule has 2 heterocycles. The van der Waals surface area contributed by atoms with Crippen LogP contribution in [0.25, 0.3) is 0 Å². The normalized spacial score (nSPS) is 23.0. The molecule has 3 amide bonds. The molecule has 3 aliphatic rings. The summed E-state index contributed by atoms with van der Waals surface area (Å²) in [4.78, 5) is 28.6. The summed E-state index contributed by atoms with van der Waals surface area (Å²) in [6.45, 7) is 0. The lowest BCUT2D eigenvalue weighted by Gasteiger charge is -2.20.